The van der Waals surface area contributed by atoms with Gasteiger partial charge in [0, 0.05) is 101 Å². The summed E-state index contributed by atoms with van der Waals surface area (Å²) in [6.45, 7) is 13.9. The highest BCUT2D eigenvalue weighted by molar-refractivity contribution is 6.11. The molecular formula is C117H81N3O9. The van der Waals surface area contributed by atoms with Crippen LogP contribution in [0.3, 0.4) is 0 Å². The average molecular weight is 1670 g/mol. The van der Waals surface area contributed by atoms with E-state index >= 15 is 0 Å². The number of nitrogens with zero attached hydrogens (tertiary/aromatic N) is 3. The van der Waals surface area contributed by atoms with Crippen molar-refractivity contribution in [3.63, 3.8) is 0 Å². The van der Waals surface area contributed by atoms with Gasteiger partial charge in [0.25, 0.3) is 0 Å². The summed E-state index contributed by atoms with van der Waals surface area (Å²) in [5.41, 5.74) is 29.7. The van der Waals surface area contributed by atoms with Gasteiger partial charge < -0.3 is 56.4 Å². The van der Waals surface area contributed by atoms with Crippen LogP contribution in [0, 0.1) is 0 Å². The molecule has 12 heteroatoms. The van der Waals surface area contributed by atoms with Gasteiger partial charge in [0.15, 0.2) is 74.6 Å². The zero-order valence-corrected chi connectivity index (χ0v) is 71.4. The second kappa shape index (κ2) is 28.8. The van der Waals surface area contributed by atoms with Gasteiger partial charge in [0.1, 0.15) is 27.9 Å². The molecular weight excluding hydrogens is 1590 g/mol. The van der Waals surface area contributed by atoms with Crippen molar-refractivity contribution >= 4 is 117 Å². The molecule has 0 saturated heterocycles. The van der Waals surface area contributed by atoms with E-state index in [1.54, 1.807) is 0 Å². The zero-order chi connectivity index (χ0) is 86.1. The molecule has 0 fully saturated rings. The number of ether oxygens (including phenoxy) is 6. The Hall–Kier alpha value is -16.4. The molecule has 0 saturated carbocycles. The molecule has 0 atom stereocenters. The van der Waals surface area contributed by atoms with Gasteiger partial charge in [-0.25, -0.2) is 0 Å². The summed E-state index contributed by atoms with van der Waals surface area (Å²) in [7, 11) is 0. The second-order valence-corrected chi connectivity index (χ2v) is 35.4. The van der Waals surface area contributed by atoms with Crippen LogP contribution in [0.15, 0.2) is 395 Å². The van der Waals surface area contributed by atoms with Crippen molar-refractivity contribution in [3.8, 4) is 102 Å². The minimum absolute atomic E-state index is 0.116. The molecule has 18 aromatic carbocycles. The van der Waals surface area contributed by atoms with Crippen molar-refractivity contribution in [1.29, 1.82) is 0 Å². The smallest absolute Gasteiger partial charge is 0.172 e. The highest BCUT2D eigenvalue weighted by Gasteiger charge is 2.40. The van der Waals surface area contributed by atoms with E-state index in [0.29, 0.717) is 57.5 Å². The highest BCUT2D eigenvalue weighted by atomic mass is 16.6. The van der Waals surface area contributed by atoms with E-state index in [0.717, 1.165) is 129 Å². The third-order valence-corrected chi connectivity index (χ3v) is 26.8. The molecule has 0 radical (unpaired) electrons. The number of fused-ring (bicyclic) bond motifs is 24. The number of benzene rings is 18. The molecule has 0 unspecified atom stereocenters. The first-order valence-corrected chi connectivity index (χ1v) is 43.8. The van der Waals surface area contributed by atoms with Crippen LogP contribution in [0.2, 0.25) is 0 Å². The fourth-order valence-corrected chi connectivity index (χ4v) is 20.4. The maximum absolute atomic E-state index is 6.55. The van der Waals surface area contributed by atoms with Gasteiger partial charge in [-0.3, -0.25) is 0 Å². The Bertz CT molecular complexity index is 8230. The molecule has 129 heavy (non-hydrogen) atoms. The first-order chi connectivity index (χ1) is 63.1. The van der Waals surface area contributed by atoms with Gasteiger partial charge >= 0.3 is 0 Å². The first kappa shape index (κ1) is 75.1. The van der Waals surface area contributed by atoms with Gasteiger partial charge in [-0.2, -0.15) is 0 Å². The normalized spacial score (nSPS) is 13.9. The van der Waals surface area contributed by atoms with Crippen molar-refractivity contribution in [2.45, 2.75) is 57.8 Å². The molecule has 6 aliphatic rings. The van der Waals surface area contributed by atoms with E-state index < -0.39 is 0 Å². The van der Waals surface area contributed by atoms with Crippen LogP contribution in [-0.4, -0.2) is 0 Å². The summed E-state index contributed by atoms with van der Waals surface area (Å²) in [6, 6.07) is 132. The Morgan fingerprint density at radius 3 is 0.899 bits per heavy atom. The highest BCUT2D eigenvalue weighted by Crippen LogP contribution is 2.59. The third-order valence-electron chi connectivity index (χ3n) is 26.8. The number of anilines is 9. The largest absolute Gasteiger partial charge is 0.456 e. The molecule has 21 aromatic rings. The van der Waals surface area contributed by atoms with Crippen LogP contribution >= 0.6 is 0 Å². The molecule has 618 valence electrons. The van der Waals surface area contributed by atoms with Gasteiger partial charge in [-0.1, -0.05) is 236 Å². The van der Waals surface area contributed by atoms with Crippen LogP contribution in [0.4, 0.5) is 51.2 Å². The summed E-state index contributed by atoms with van der Waals surface area (Å²) in [4.78, 5) is 6.84. The predicted octanol–water partition coefficient (Wildman–Crippen LogP) is 33.8. The Labute approximate surface area is 744 Å². The van der Waals surface area contributed by atoms with Crippen LogP contribution < -0.4 is 43.1 Å². The maximum Gasteiger partial charge on any atom is 0.172 e. The van der Waals surface area contributed by atoms with Crippen LogP contribution in [0.25, 0.3) is 99.2 Å². The van der Waals surface area contributed by atoms with Gasteiger partial charge in [0.2, 0.25) is 0 Å². The monoisotopic (exact) mass is 1670 g/mol. The van der Waals surface area contributed by atoms with Gasteiger partial charge in [-0.15, -0.1) is 0 Å². The minimum atomic E-state index is -0.129. The molecule has 0 bridgehead atoms. The molecule has 3 aliphatic heterocycles. The SMILES string of the molecule is CC1(C)c2ccccc2-c2ccc(N(c3ccc4c(c3)Oc3ccccc3O4)c3ccc4c(c3)oc3ccccc34)cc21.CC1(C)c2ccccc2-c2ccc(N(c3ccc4c(c3)Oc3ccccc3O4)c3ccc4oc5ccccc5c4c3)cc21.CC1(C)c2ccccc2-c2ccc(N(c3ccc4c(c3)Oc3ccccc3O4)c3cccc4c3oc3ccccc34)cc21. The van der Waals surface area contributed by atoms with E-state index in [2.05, 4.69) is 311 Å². The average Bonchev–Trinajstić information content (AvgIpc) is 1.59. The van der Waals surface area contributed by atoms with Crippen molar-refractivity contribution in [2.75, 3.05) is 14.7 Å². The fraction of sp³-hybridized carbons (Fsp3) is 0.0769. The Morgan fingerprint density at radius 2 is 0.450 bits per heavy atom. The summed E-state index contributed by atoms with van der Waals surface area (Å²) in [5.74, 6) is 8.40. The standard InChI is InChI=1S/3C39H27NO3/c1-39(2)30-13-5-3-10-26(30)27-20-18-24(22-31(27)39)40(32-14-9-12-29-28-11-4-6-15-33(28)43-38(29)32)25-19-21-36-37(23-25)42-35-17-8-7-16-34(35)41-36;1-39(2)31-11-5-3-9-27(31)28-18-15-25(22-32(28)39)40(24-16-19-34-30(21-24)29-10-4-6-12-33(29)41-34)26-17-20-37-38(23-26)43-36-14-8-7-13-35(36)42-37;1-39(2)31-11-5-3-9-27(31)28-18-15-24(21-32(28)39)40(25-16-19-30-29-10-4-6-12-33(29)41-37(30)22-25)26-17-20-36-38(23-26)43-35-14-8-7-13-34(35)42-36/h3*3-23H,1-2H3. The zero-order valence-electron chi connectivity index (χ0n) is 71.4. The number of furan rings is 3. The Balaban J connectivity index is 0.000000105. The van der Waals surface area contributed by atoms with Crippen molar-refractivity contribution in [1.82, 2.24) is 0 Å². The fourth-order valence-electron chi connectivity index (χ4n) is 20.4. The lowest BCUT2D eigenvalue weighted by molar-refractivity contribution is 0.360. The number of hydrogen-bond acceptors (Lipinski definition) is 12. The molecule has 3 aliphatic carbocycles. The lowest BCUT2D eigenvalue weighted by atomic mass is 9.82. The van der Waals surface area contributed by atoms with E-state index in [1.165, 1.54) is 66.8 Å². The number of hydrogen-bond donors (Lipinski definition) is 0. The lowest BCUT2D eigenvalue weighted by Gasteiger charge is -2.29. The molecule has 6 heterocycles. The molecule has 0 N–H and O–H groups in total. The minimum Gasteiger partial charge on any atom is -0.456 e. The van der Waals surface area contributed by atoms with Gasteiger partial charge in [0.05, 0.1) is 22.7 Å². The predicted molar refractivity (Wildman–Crippen MR) is 518 cm³/mol. The molecule has 12 nitrogen and oxygen atoms in total. The third kappa shape index (κ3) is 12.1. The molecule has 3 aromatic heterocycles. The lowest BCUT2D eigenvalue weighted by Crippen LogP contribution is -2.16. The van der Waals surface area contributed by atoms with Crippen molar-refractivity contribution < 1.29 is 41.7 Å². The summed E-state index contributed by atoms with van der Waals surface area (Å²) < 4.78 is 56.6. The molecule has 0 amide bonds. The number of rotatable bonds is 9. The topological polar surface area (TPSA) is 105 Å². The maximum atomic E-state index is 6.55. The summed E-state index contributed by atoms with van der Waals surface area (Å²) >= 11 is 0. The van der Waals surface area contributed by atoms with E-state index in [9.17, 15) is 0 Å². The van der Waals surface area contributed by atoms with Crippen LogP contribution in [0.1, 0.15) is 74.9 Å². The Kier molecular flexibility index (Phi) is 16.8. The quantitative estimate of drug-likeness (QED) is 0.137. The summed E-state index contributed by atoms with van der Waals surface area (Å²) in [6.07, 6.45) is 0. The van der Waals surface area contributed by atoms with Crippen LogP contribution in [0.5, 0.6) is 69.0 Å². The van der Waals surface area contributed by atoms with E-state index in [4.69, 9.17) is 41.7 Å². The number of para-hydroxylation sites is 10. The summed E-state index contributed by atoms with van der Waals surface area (Å²) in [5, 5.41) is 6.58. The molecule has 0 spiro atoms. The van der Waals surface area contributed by atoms with Crippen LogP contribution in [-0.2, 0) is 16.2 Å². The Morgan fingerprint density at radius 1 is 0.171 bits per heavy atom. The van der Waals surface area contributed by atoms with Crippen molar-refractivity contribution in [3.05, 3.63) is 416 Å². The van der Waals surface area contributed by atoms with Gasteiger partial charge in [-0.05, 0) is 231 Å². The van der Waals surface area contributed by atoms with E-state index in [1.807, 2.05) is 127 Å². The van der Waals surface area contributed by atoms with Crippen molar-refractivity contribution in [2.24, 2.45) is 0 Å². The molecule has 27 rings (SSSR count). The second-order valence-electron chi connectivity index (χ2n) is 35.4. The first-order valence-electron chi connectivity index (χ1n) is 43.8. The van der Waals surface area contributed by atoms with E-state index in [-0.39, 0.29) is 16.2 Å².